The summed E-state index contributed by atoms with van der Waals surface area (Å²) in [6, 6.07) is 10.4. The van der Waals surface area contributed by atoms with Gasteiger partial charge in [-0.25, -0.2) is 0 Å². The highest BCUT2D eigenvalue weighted by molar-refractivity contribution is 6.48. The third kappa shape index (κ3) is 2.31. The van der Waals surface area contributed by atoms with Crippen molar-refractivity contribution in [2.24, 2.45) is 0 Å². The normalized spacial score (nSPS) is 25.3. The highest BCUT2D eigenvalue weighted by atomic mass is 16.6. The minimum absolute atomic E-state index is 0.157. The highest BCUT2D eigenvalue weighted by Gasteiger charge is 2.40. The van der Waals surface area contributed by atoms with Gasteiger partial charge < -0.3 is 18.9 Å². The van der Waals surface area contributed by atoms with E-state index in [9.17, 15) is 0 Å². The molecule has 17 heavy (non-hydrogen) atoms. The minimum Gasteiger partial charge on any atom is -0.407 e. The molecule has 2 saturated heterocycles. The smallest absolute Gasteiger partial charge is 0.407 e. The predicted octanol–water partition coefficient (Wildman–Crippen LogP) is 0.966. The van der Waals surface area contributed by atoms with Gasteiger partial charge in [0.2, 0.25) is 0 Å². The van der Waals surface area contributed by atoms with Crippen LogP contribution in [0.3, 0.4) is 0 Å². The van der Waals surface area contributed by atoms with Crippen LogP contribution in [-0.2, 0) is 14.0 Å². The fourth-order valence-corrected chi connectivity index (χ4v) is 2.39. The summed E-state index contributed by atoms with van der Waals surface area (Å²) in [4.78, 5) is 2.32. The van der Waals surface area contributed by atoms with Crippen molar-refractivity contribution < 1.29 is 14.0 Å². The van der Waals surface area contributed by atoms with Crippen LogP contribution in [0.5, 0.6) is 0 Å². The van der Waals surface area contributed by atoms with Crippen LogP contribution >= 0.6 is 0 Å². The van der Waals surface area contributed by atoms with Gasteiger partial charge in [-0.05, 0) is 12.1 Å². The molecule has 3 rings (SSSR count). The fraction of sp³-hybridized carbons (Fsp3) is 0.500. The lowest BCUT2D eigenvalue weighted by Gasteiger charge is -2.37. The topological polar surface area (TPSA) is 30.9 Å². The van der Waals surface area contributed by atoms with E-state index < -0.39 is 0 Å². The Morgan fingerprint density at radius 3 is 2.59 bits per heavy atom. The van der Waals surface area contributed by atoms with Crippen molar-refractivity contribution in [1.82, 2.24) is 0 Å². The van der Waals surface area contributed by atoms with Crippen LogP contribution in [0.15, 0.2) is 30.3 Å². The first kappa shape index (κ1) is 11.1. The van der Waals surface area contributed by atoms with E-state index in [-0.39, 0.29) is 13.1 Å². The lowest BCUT2D eigenvalue weighted by Crippen LogP contribution is -2.54. The Morgan fingerprint density at radius 2 is 1.82 bits per heavy atom. The van der Waals surface area contributed by atoms with Crippen molar-refractivity contribution in [3.63, 3.8) is 0 Å². The van der Waals surface area contributed by atoms with Gasteiger partial charge in [0.25, 0.3) is 0 Å². The number of nitrogens with zero attached hydrogens (tertiary/aromatic N) is 1. The molecule has 0 aliphatic carbocycles. The summed E-state index contributed by atoms with van der Waals surface area (Å²) in [5, 5.41) is 0. The Kier molecular flexibility index (Phi) is 3.31. The van der Waals surface area contributed by atoms with Crippen LogP contribution in [0.25, 0.3) is 0 Å². The summed E-state index contributed by atoms with van der Waals surface area (Å²) in [5.74, 6) is 0.161. The second-order valence-corrected chi connectivity index (χ2v) is 4.28. The van der Waals surface area contributed by atoms with Crippen molar-refractivity contribution in [2.75, 3.05) is 37.9 Å². The number of rotatable bonds is 2. The van der Waals surface area contributed by atoms with Gasteiger partial charge in [0.05, 0.1) is 32.4 Å². The lowest BCUT2D eigenvalue weighted by atomic mass is 9.77. The standard InChI is InChI=1S/C12H16BNO3/c1-2-4-11(5-3-1)14-6-7-15-10-12(14)13-16-8-9-17-13/h1-5,12H,6-10H2. The molecule has 0 spiro atoms. The average molecular weight is 233 g/mol. The van der Waals surface area contributed by atoms with E-state index in [1.54, 1.807) is 0 Å². The van der Waals surface area contributed by atoms with Crippen LogP contribution in [0.2, 0.25) is 0 Å². The van der Waals surface area contributed by atoms with Crippen LogP contribution in [0.1, 0.15) is 0 Å². The van der Waals surface area contributed by atoms with Crippen molar-refractivity contribution in [3.05, 3.63) is 30.3 Å². The first-order valence-electron chi connectivity index (χ1n) is 6.08. The largest absolute Gasteiger partial charge is 0.483 e. The Bertz CT molecular complexity index is 356. The van der Waals surface area contributed by atoms with Gasteiger partial charge in [-0.3, -0.25) is 0 Å². The zero-order valence-corrected chi connectivity index (χ0v) is 9.75. The van der Waals surface area contributed by atoms with Gasteiger partial charge in [-0.1, -0.05) is 18.2 Å². The second kappa shape index (κ2) is 5.08. The third-order valence-corrected chi connectivity index (χ3v) is 3.22. The average Bonchev–Trinajstić information content (AvgIpc) is 2.94. The van der Waals surface area contributed by atoms with Crippen LogP contribution in [0, 0.1) is 0 Å². The number of para-hydroxylation sites is 1. The molecule has 2 heterocycles. The van der Waals surface area contributed by atoms with Crippen LogP contribution in [-0.4, -0.2) is 46.0 Å². The van der Waals surface area contributed by atoms with Crippen molar-refractivity contribution in [2.45, 2.75) is 5.94 Å². The third-order valence-electron chi connectivity index (χ3n) is 3.22. The maximum atomic E-state index is 5.60. The van der Waals surface area contributed by atoms with E-state index >= 15 is 0 Å². The summed E-state index contributed by atoms with van der Waals surface area (Å²) in [6.07, 6.45) is 0. The molecule has 1 unspecified atom stereocenters. The summed E-state index contributed by atoms with van der Waals surface area (Å²) in [7, 11) is -0.157. The Hall–Kier alpha value is -1.04. The number of anilines is 1. The van der Waals surface area contributed by atoms with Gasteiger partial charge in [-0.15, -0.1) is 0 Å². The molecule has 2 aliphatic heterocycles. The van der Waals surface area contributed by atoms with E-state index in [0.29, 0.717) is 19.8 Å². The molecule has 2 aliphatic rings. The molecule has 90 valence electrons. The van der Waals surface area contributed by atoms with E-state index in [4.69, 9.17) is 14.0 Å². The Balaban J connectivity index is 1.80. The molecular weight excluding hydrogens is 217 g/mol. The number of benzene rings is 1. The van der Waals surface area contributed by atoms with Crippen LogP contribution < -0.4 is 4.90 Å². The predicted molar refractivity (Wildman–Crippen MR) is 66.1 cm³/mol. The van der Waals surface area contributed by atoms with Crippen molar-refractivity contribution in [3.8, 4) is 0 Å². The molecule has 0 amide bonds. The van der Waals surface area contributed by atoms with Crippen molar-refractivity contribution >= 4 is 12.8 Å². The van der Waals surface area contributed by atoms with Crippen molar-refractivity contribution in [1.29, 1.82) is 0 Å². The molecule has 0 radical (unpaired) electrons. The Morgan fingerprint density at radius 1 is 1.06 bits per heavy atom. The molecular formula is C12H16BNO3. The van der Waals surface area contributed by atoms with E-state index in [0.717, 1.165) is 13.2 Å². The van der Waals surface area contributed by atoms with Gasteiger partial charge in [0.1, 0.15) is 0 Å². The zero-order valence-electron chi connectivity index (χ0n) is 9.75. The number of ether oxygens (including phenoxy) is 1. The maximum Gasteiger partial charge on any atom is 0.483 e. The molecule has 0 aromatic heterocycles. The van der Waals surface area contributed by atoms with Gasteiger partial charge in [-0.2, -0.15) is 0 Å². The Labute approximate surface area is 102 Å². The van der Waals surface area contributed by atoms with Crippen LogP contribution in [0.4, 0.5) is 5.69 Å². The molecule has 1 aromatic rings. The SMILES string of the molecule is c1ccc(N2CCOCC2B2OCCO2)cc1. The molecule has 0 bridgehead atoms. The van der Waals surface area contributed by atoms with E-state index in [1.165, 1.54) is 5.69 Å². The first-order chi connectivity index (χ1) is 8.45. The van der Waals surface area contributed by atoms with E-state index in [1.807, 2.05) is 6.07 Å². The zero-order chi connectivity index (χ0) is 11.5. The minimum atomic E-state index is -0.157. The van der Waals surface area contributed by atoms with Gasteiger partial charge in [0, 0.05) is 12.2 Å². The monoisotopic (exact) mass is 233 g/mol. The molecule has 4 nitrogen and oxygen atoms in total. The first-order valence-corrected chi connectivity index (χ1v) is 6.08. The number of hydrogen-bond acceptors (Lipinski definition) is 4. The number of hydrogen-bond donors (Lipinski definition) is 0. The van der Waals surface area contributed by atoms with Gasteiger partial charge >= 0.3 is 7.12 Å². The lowest BCUT2D eigenvalue weighted by molar-refractivity contribution is 0.103. The molecule has 5 heteroatoms. The molecule has 0 saturated carbocycles. The van der Waals surface area contributed by atoms with E-state index in [2.05, 4.69) is 29.2 Å². The second-order valence-electron chi connectivity index (χ2n) is 4.28. The number of morpholine rings is 1. The molecule has 1 aromatic carbocycles. The molecule has 1 atom stereocenters. The summed E-state index contributed by atoms with van der Waals surface area (Å²) >= 11 is 0. The summed E-state index contributed by atoms with van der Waals surface area (Å²) in [5.41, 5.74) is 1.21. The summed E-state index contributed by atoms with van der Waals surface area (Å²) < 4.78 is 16.7. The fourth-order valence-electron chi connectivity index (χ4n) is 2.39. The molecule has 2 fully saturated rings. The van der Waals surface area contributed by atoms with Gasteiger partial charge in [0.15, 0.2) is 0 Å². The highest BCUT2D eigenvalue weighted by Crippen LogP contribution is 2.22. The summed E-state index contributed by atoms with van der Waals surface area (Å²) in [6.45, 7) is 3.68. The maximum absolute atomic E-state index is 5.60. The quantitative estimate of drug-likeness (QED) is 0.712. The molecule has 0 N–H and O–H groups in total.